The van der Waals surface area contributed by atoms with Crippen LogP contribution in [0.1, 0.15) is 25.8 Å². The lowest BCUT2D eigenvalue weighted by atomic mass is 9.92. The van der Waals surface area contributed by atoms with Crippen LogP contribution in [0.25, 0.3) is 0 Å². The normalized spacial score (nSPS) is 27.7. The Morgan fingerprint density at radius 2 is 2.11 bits per heavy atom. The lowest BCUT2D eigenvalue weighted by molar-refractivity contribution is 0.316. The van der Waals surface area contributed by atoms with Gasteiger partial charge in [0, 0.05) is 31.4 Å². The van der Waals surface area contributed by atoms with Crippen molar-refractivity contribution in [2.45, 2.75) is 38.8 Å². The molecule has 0 aliphatic carbocycles. The summed E-state index contributed by atoms with van der Waals surface area (Å²) in [5, 5.41) is 0. The number of para-hydroxylation sites is 1. The van der Waals surface area contributed by atoms with Gasteiger partial charge < -0.3 is 15.5 Å². The number of nitrogens with zero attached hydrogens (tertiary/aromatic N) is 2. The third kappa shape index (κ3) is 2.49. The largest absolute Gasteiger partial charge is 0.363 e. The van der Waals surface area contributed by atoms with E-state index < -0.39 is 0 Å². The van der Waals surface area contributed by atoms with Gasteiger partial charge in [-0.25, -0.2) is 0 Å². The number of hydrogen-bond acceptors (Lipinski definition) is 3. The Morgan fingerprint density at radius 1 is 1.42 bits per heavy atom. The van der Waals surface area contributed by atoms with Gasteiger partial charge >= 0.3 is 0 Å². The number of likely N-dealkylation sites (N-methyl/N-ethyl adjacent to an activating group) is 2. The third-order valence-electron chi connectivity index (χ3n) is 4.65. The van der Waals surface area contributed by atoms with E-state index >= 15 is 0 Å². The van der Waals surface area contributed by atoms with Gasteiger partial charge in [0.05, 0.1) is 5.54 Å². The summed E-state index contributed by atoms with van der Waals surface area (Å²) in [4.78, 5) is 4.94. The fraction of sp³-hybridized carbons (Fsp3) is 0.625. The van der Waals surface area contributed by atoms with Gasteiger partial charge in [-0.05, 0) is 45.9 Å². The summed E-state index contributed by atoms with van der Waals surface area (Å²) in [5.41, 5.74) is 8.93. The van der Waals surface area contributed by atoms with E-state index in [1.54, 1.807) is 0 Å². The van der Waals surface area contributed by atoms with Crippen LogP contribution in [0, 0.1) is 6.92 Å². The summed E-state index contributed by atoms with van der Waals surface area (Å²) >= 11 is 0. The first-order valence-corrected chi connectivity index (χ1v) is 7.27. The Morgan fingerprint density at radius 3 is 2.58 bits per heavy atom. The average molecular weight is 261 g/mol. The van der Waals surface area contributed by atoms with Crippen molar-refractivity contribution in [1.82, 2.24) is 4.90 Å². The first-order chi connectivity index (χ1) is 9.04. The maximum absolute atomic E-state index is 6.19. The minimum Gasteiger partial charge on any atom is -0.363 e. The van der Waals surface area contributed by atoms with E-state index in [2.05, 4.69) is 61.9 Å². The van der Waals surface area contributed by atoms with E-state index in [0.29, 0.717) is 12.6 Å². The number of aryl methyl sites for hydroxylation is 1. The molecule has 0 amide bonds. The monoisotopic (exact) mass is 261 g/mol. The fourth-order valence-corrected chi connectivity index (χ4v) is 3.47. The predicted octanol–water partition coefficient (Wildman–Crippen LogP) is 2.24. The molecule has 0 aromatic heterocycles. The second-order valence-electron chi connectivity index (χ2n) is 5.93. The van der Waals surface area contributed by atoms with Crippen molar-refractivity contribution in [3.63, 3.8) is 0 Å². The predicted molar refractivity (Wildman–Crippen MR) is 82.7 cm³/mol. The zero-order valence-electron chi connectivity index (χ0n) is 12.7. The summed E-state index contributed by atoms with van der Waals surface area (Å²) in [7, 11) is 2.20. The van der Waals surface area contributed by atoms with Gasteiger partial charge in [-0.3, -0.25) is 0 Å². The number of nitrogens with two attached hydrogens (primary N) is 1. The fourth-order valence-electron chi connectivity index (χ4n) is 3.47. The lowest BCUT2D eigenvalue weighted by Crippen LogP contribution is -2.56. The molecule has 106 valence electrons. The summed E-state index contributed by atoms with van der Waals surface area (Å²) in [5.74, 6) is 0. The van der Waals surface area contributed by atoms with Gasteiger partial charge in [0.2, 0.25) is 0 Å². The SMILES string of the molecule is CCN(c1ccccc1C)C1(CN)CC(C)N(C)C1. The minimum atomic E-state index is 0.0784. The third-order valence-corrected chi connectivity index (χ3v) is 4.65. The van der Waals surface area contributed by atoms with Gasteiger partial charge in [0.1, 0.15) is 0 Å². The standard InChI is InChI=1S/C16H27N3/c1-5-19(15-9-7-6-8-13(15)2)16(11-17)10-14(3)18(4)12-16/h6-9,14H,5,10-12,17H2,1-4H3. The first-order valence-electron chi connectivity index (χ1n) is 7.27. The topological polar surface area (TPSA) is 32.5 Å². The molecule has 1 aromatic rings. The van der Waals surface area contributed by atoms with E-state index in [1.807, 2.05) is 0 Å². The lowest BCUT2D eigenvalue weighted by Gasteiger charge is -2.42. The molecular weight excluding hydrogens is 234 g/mol. The maximum Gasteiger partial charge on any atom is 0.0665 e. The molecule has 0 spiro atoms. The van der Waals surface area contributed by atoms with Crippen molar-refractivity contribution < 1.29 is 0 Å². The van der Waals surface area contributed by atoms with Crippen molar-refractivity contribution in [2.75, 3.05) is 31.6 Å². The zero-order valence-corrected chi connectivity index (χ0v) is 12.7. The Labute approximate surface area is 117 Å². The zero-order chi connectivity index (χ0) is 14.0. The molecule has 0 radical (unpaired) electrons. The molecule has 2 atom stereocenters. The van der Waals surface area contributed by atoms with Crippen LogP contribution in [-0.4, -0.2) is 43.2 Å². The molecule has 2 unspecified atom stereocenters. The smallest absolute Gasteiger partial charge is 0.0665 e. The van der Waals surface area contributed by atoms with Gasteiger partial charge in [-0.1, -0.05) is 18.2 Å². The highest BCUT2D eigenvalue weighted by Gasteiger charge is 2.44. The van der Waals surface area contributed by atoms with E-state index in [9.17, 15) is 0 Å². The molecule has 1 saturated heterocycles. The van der Waals surface area contributed by atoms with Gasteiger partial charge in [-0.15, -0.1) is 0 Å². The molecule has 3 nitrogen and oxygen atoms in total. The Hall–Kier alpha value is -1.06. The number of anilines is 1. The molecular formula is C16H27N3. The molecule has 19 heavy (non-hydrogen) atoms. The molecule has 0 saturated carbocycles. The Bertz CT molecular complexity index is 420. The van der Waals surface area contributed by atoms with Crippen LogP contribution in [0.3, 0.4) is 0 Å². The Balaban J connectivity index is 2.38. The first kappa shape index (κ1) is 14.4. The summed E-state index contributed by atoms with van der Waals surface area (Å²) in [6, 6.07) is 9.23. The highest BCUT2D eigenvalue weighted by atomic mass is 15.3. The van der Waals surface area contributed by atoms with Crippen LogP contribution in [0.15, 0.2) is 24.3 Å². The number of hydrogen-bond donors (Lipinski definition) is 1. The average Bonchev–Trinajstić information content (AvgIpc) is 2.69. The van der Waals surface area contributed by atoms with Crippen LogP contribution in [0.4, 0.5) is 5.69 Å². The van der Waals surface area contributed by atoms with E-state index in [-0.39, 0.29) is 5.54 Å². The van der Waals surface area contributed by atoms with E-state index in [4.69, 9.17) is 5.73 Å². The molecule has 1 aliphatic rings. The molecule has 0 bridgehead atoms. The highest BCUT2D eigenvalue weighted by molar-refractivity contribution is 5.55. The van der Waals surface area contributed by atoms with E-state index in [1.165, 1.54) is 11.3 Å². The molecule has 2 rings (SSSR count). The second kappa shape index (κ2) is 5.51. The maximum atomic E-state index is 6.19. The van der Waals surface area contributed by atoms with Crippen molar-refractivity contribution in [3.8, 4) is 0 Å². The Kier molecular flexibility index (Phi) is 4.16. The molecule has 1 fully saturated rings. The number of benzene rings is 1. The molecule has 1 aromatic carbocycles. The van der Waals surface area contributed by atoms with E-state index in [0.717, 1.165) is 19.5 Å². The van der Waals surface area contributed by atoms with Crippen molar-refractivity contribution in [1.29, 1.82) is 0 Å². The van der Waals surface area contributed by atoms with Crippen LogP contribution >= 0.6 is 0 Å². The molecule has 1 aliphatic heterocycles. The van der Waals surface area contributed by atoms with Gasteiger partial charge in [-0.2, -0.15) is 0 Å². The molecule has 2 N–H and O–H groups in total. The van der Waals surface area contributed by atoms with Crippen molar-refractivity contribution >= 4 is 5.69 Å². The van der Waals surface area contributed by atoms with Gasteiger partial charge in [0.15, 0.2) is 0 Å². The van der Waals surface area contributed by atoms with Crippen LogP contribution in [-0.2, 0) is 0 Å². The number of rotatable bonds is 4. The second-order valence-corrected chi connectivity index (χ2v) is 5.93. The van der Waals surface area contributed by atoms with Crippen molar-refractivity contribution in [2.24, 2.45) is 5.73 Å². The van der Waals surface area contributed by atoms with Crippen LogP contribution < -0.4 is 10.6 Å². The summed E-state index contributed by atoms with van der Waals surface area (Å²) in [6.07, 6.45) is 1.14. The van der Waals surface area contributed by atoms with Crippen LogP contribution in [0.2, 0.25) is 0 Å². The summed E-state index contributed by atoms with van der Waals surface area (Å²) < 4.78 is 0. The van der Waals surface area contributed by atoms with Crippen molar-refractivity contribution in [3.05, 3.63) is 29.8 Å². The minimum absolute atomic E-state index is 0.0784. The highest BCUT2D eigenvalue weighted by Crippen LogP contribution is 2.35. The van der Waals surface area contributed by atoms with Gasteiger partial charge in [0.25, 0.3) is 0 Å². The quantitative estimate of drug-likeness (QED) is 0.902. The molecule has 1 heterocycles. The van der Waals surface area contributed by atoms with Crippen LogP contribution in [0.5, 0.6) is 0 Å². The summed E-state index contributed by atoms with van der Waals surface area (Å²) in [6.45, 7) is 9.47. The number of likely N-dealkylation sites (tertiary alicyclic amines) is 1. The molecule has 3 heteroatoms.